The summed E-state index contributed by atoms with van der Waals surface area (Å²) >= 11 is 0. The summed E-state index contributed by atoms with van der Waals surface area (Å²) in [7, 11) is 0. The number of hydrogen-bond acceptors (Lipinski definition) is 0. The van der Waals surface area contributed by atoms with Crippen LogP contribution in [-0.4, -0.2) is 0 Å². The van der Waals surface area contributed by atoms with Crippen LogP contribution in [0, 0.1) is 27.6 Å². The molecule has 0 atom stereocenters. The first-order chi connectivity index (χ1) is 7.46. The molecular weight excluding hydrogens is 120 g/mol. The van der Waals surface area contributed by atoms with Gasteiger partial charge in [-0.05, 0) is 49.8 Å². The van der Waals surface area contributed by atoms with Crippen molar-refractivity contribution in [3.05, 3.63) is 34.4 Å². The Morgan fingerprint density at radius 2 is 1.60 bits per heavy atom. The molecule has 0 aliphatic heterocycles. The van der Waals surface area contributed by atoms with Gasteiger partial charge >= 0.3 is 0 Å². The van der Waals surface area contributed by atoms with Crippen molar-refractivity contribution < 1.29 is 9.60 Å². The van der Waals surface area contributed by atoms with Crippen molar-refractivity contribution in [2.75, 3.05) is 0 Å². The van der Waals surface area contributed by atoms with Gasteiger partial charge < -0.3 is 0 Å². The highest BCUT2D eigenvalue weighted by Crippen LogP contribution is 2.13. The molecule has 54 valence electrons. The maximum absolute atomic E-state index is 7.82. The lowest BCUT2D eigenvalue weighted by Gasteiger charge is -2.04. The summed E-state index contributed by atoms with van der Waals surface area (Å²) in [5.74, 6) is 0. The number of aryl methyl sites for hydroxylation is 2. The predicted octanol–water partition coefficient (Wildman–Crippen LogP) is 2.92. The minimum Gasteiger partial charge on any atom is -0.0559 e. The monoisotopic (exact) mass is 141 g/mol. The molecule has 0 fully saturated rings. The van der Waals surface area contributed by atoms with Crippen LogP contribution in [0.25, 0.3) is 0 Å². The average molecular weight is 141 g/mol. The molecule has 1 aromatic carbocycles. The standard InChI is InChI=1S/C10H14/c1-7-5-9(3)10(4)6-8(7)2/h5-6H,1-4H3/i1D3,3D3,5D. The highest BCUT2D eigenvalue weighted by Gasteiger charge is 1.95. The highest BCUT2D eigenvalue weighted by atomic mass is 14.0. The van der Waals surface area contributed by atoms with Gasteiger partial charge in [0.1, 0.15) is 0 Å². The van der Waals surface area contributed by atoms with Crippen LogP contribution in [0.3, 0.4) is 0 Å². The van der Waals surface area contributed by atoms with Gasteiger partial charge in [-0.2, -0.15) is 0 Å². The SMILES string of the molecule is [2H]c1c(C([2H])([2H])[2H])c(C)cc(C)c1C([2H])([2H])[2H]. The molecule has 0 aromatic heterocycles. The number of benzene rings is 1. The summed E-state index contributed by atoms with van der Waals surface area (Å²) in [5.41, 5.74) is 0.518. The molecule has 0 spiro atoms. The van der Waals surface area contributed by atoms with Gasteiger partial charge in [0.25, 0.3) is 0 Å². The molecule has 0 bridgehead atoms. The third-order valence-electron chi connectivity index (χ3n) is 1.47. The summed E-state index contributed by atoms with van der Waals surface area (Å²) in [6, 6.07) is 1.13. The topological polar surface area (TPSA) is 0 Å². The van der Waals surface area contributed by atoms with Crippen LogP contribution in [0.5, 0.6) is 0 Å². The van der Waals surface area contributed by atoms with Crippen LogP contribution >= 0.6 is 0 Å². The van der Waals surface area contributed by atoms with E-state index < -0.39 is 13.7 Å². The van der Waals surface area contributed by atoms with Gasteiger partial charge in [-0.3, -0.25) is 0 Å². The predicted molar refractivity (Wildman–Crippen MR) is 45.4 cm³/mol. The zero-order valence-electron chi connectivity index (χ0n) is 13.1. The fraction of sp³-hybridized carbons (Fsp3) is 0.400. The van der Waals surface area contributed by atoms with E-state index in [4.69, 9.17) is 9.60 Å². The first-order valence-corrected chi connectivity index (χ1v) is 3.08. The van der Waals surface area contributed by atoms with Gasteiger partial charge in [-0.1, -0.05) is 12.1 Å². The fourth-order valence-corrected chi connectivity index (χ4v) is 0.791. The molecule has 0 N–H and O–H groups in total. The second-order valence-corrected chi connectivity index (χ2v) is 2.39. The summed E-state index contributed by atoms with van der Waals surface area (Å²) < 4.78 is 52.0. The second-order valence-electron chi connectivity index (χ2n) is 2.39. The summed E-state index contributed by atoms with van der Waals surface area (Å²) in [4.78, 5) is 0. The quantitative estimate of drug-likeness (QED) is 0.521. The summed E-state index contributed by atoms with van der Waals surface area (Å²) in [6.45, 7) is -1.77. The van der Waals surface area contributed by atoms with Crippen molar-refractivity contribution in [1.29, 1.82) is 0 Å². The molecule has 0 amide bonds. The van der Waals surface area contributed by atoms with Gasteiger partial charge in [-0.15, -0.1) is 0 Å². The zero-order chi connectivity index (χ0) is 13.6. The maximum Gasteiger partial charge on any atom is 0.0629 e. The molecule has 0 heteroatoms. The Bertz CT molecular complexity index is 401. The van der Waals surface area contributed by atoms with Crippen LogP contribution in [0.4, 0.5) is 0 Å². The first-order valence-electron chi connectivity index (χ1n) is 6.58. The lowest BCUT2D eigenvalue weighted by atomic mass is 10.0. The lowest BCUT2D eigenvalue weighted by Crippen LogP contribution is -1.86. The molecule has 0 aliphatic carbocycles. The van der Waals surface area contributed by atoms with E-state index in [2.05, 4.69) is 0 Å². The Balaban J connectivity index is 3.67. The molecule has 0 aliphatic rings. The maximum atomic E-state index is 7.82. The average Bonchev–Trinajstić information content (AvgIpc) is 1.94. The van der Waals surface area contributed by atoms with Gasteiger partial charge in [0.15, 0.2) is 0 Å². The molecule has 0 heterocycles. The van der Waals surface area contributed by atoms with E-state index in [9.17, 15) is 0 Å². The van der Waals surface area contributed by atoms with Crippen molar-refractivity contribution in [2.45, 2.75) is 27.6 Å². The Morgan fingerprint density at radius 1 is 1.10 bits per heavy atom. The van der Waals surface area contributed by atoms with Crippen molar-refractivity contribution >= 4 is 0 Å². The summed E-state index contributed by atoms with van der Waals surface area (Å²) in [6.07, 6.45) is 0. The third-order valence-corrected chi connectivity index (χ3v) is 1.47. The van der Waals surface area contributed by atoms with E-state index in [1.54, 1.807) is 13.8 Å². The Kier molecular flexibility index (Phi) is 0.581. The molecular formula is C10H14. The van der Waals surface area contributed by atoms with Gasteiger partial charge in [-0.25, -0.2) is 0 Å². The molecule has 0 saturated heterocycles. The van der Waals surface area contributed by atoms with Crippen molar-refractivity contribution in [1.82, 2.24) is 0 Å². The van der Waals surface area contributed by atoms with Crippen molar-refractivity contribution in [3.63, 3.8) is 0 Å². The molecule has 0 radical (unpaired) electrons. The van der Waals surface area contributed by atoms with Crippen LogP contribution in [0.2, 0.25) is 0 Å². The molecule has 10 heavy (non-hydrogen) atoms. The largest absolute Gasteiger partial charge is 0.0629 e. The minimum absolute atomic E-state index is 0.172. The lowest BCUT2D eigenvalue weighted by molar-refractivity contribution is 1.24. The van der Waals surface area contributed by atoms with Crippen molar-refractivity contribution in [3.8, 4) is 0 Å². The normalized spacial score (nSPS) is 22.8. The minimum atomic E-state index is -2.46. The smallest absolute Gasteiger partial charge is 0.0559 e. The molecule has 0 nitrogen and oxygen atoms in total. The van der Waals surface area contributed by atoms with Crippen LogP contribution in [0.1, 0.15) is 31.8 Å². The summed E-state index contributed by atoms with van der Waals surface area (Å²) in [5, 5.41) is 0. The first kappa shape index (κ1) is 2.37. The van der Waals surface area contributed by atoms with E-state index in [-0.39, 0.29) is 17.2 Å². The molecule has 0 saturated carbocycles. The van der Waals surface area contributed by atoms with Crippen LogP contribution < -0.4 is 0 Å². The third kappa shape index (κ3) is 1.21. The van der Waals surface area contributed by atoms with Gasteiger partial charge in [0.05, 0.1) is 1.37 Å². The van der Waals surface area contributed by atoms with E-state index in [1.165, 1.54) is 6.07 Å². The second kappa shape index (κ2) is 2.45. The molecule has 1 aromatic rings. The Hall–Kier alpha value is -0.780. The number of rotatable bonds is 0. The van der Waals surface area contributed by atoms with Gasteiger partial charge in [0.2, 0.25) is 0 Å². The zero-order valence-corrected chi connectivity index (χ0v) is 6.08. The number of hydrogen-bond donors (Lipinski definition) is 0. The van der Waals surface area contributed by atoms with Crippen LogP contribution in [0.15, 0.2) is 12.1 Å². The van der Waals surface area contributed by atoms with E-state index in [1.807, 2.05) is 0 Å². The van der Waals surface area contributed by atoms with Gasteiger partial charge in [0, 0.05) is 8.22 Å². The highest BCUT2D eigenvalue weighted by molar-refractivity contribution is 5.35. The molecule has 0 unspecified atom stereocenters. The Labute approximate surface area is 72.7 Å². The fourth-order valence-electron chi connectivity index (χ4n) is 0.791. The Morgan fingerprint density at radius 3 is 2.00 bits per heavy atom. The van der Waals surface area contributed by atoms with Crippen LogP contribution in [-0.2, 0) is 0 Å². The van der Waals surface area contributed by atoms with E-state index >= 15 is 0 Å². The molecule has 1 rings (SSSR count). The van der Waals surface area contributed by atoms with Crippen molar-refractivity contribution in [2.24, 2.45) is 0 Å². The van der Waals surface area contributed by atoms with E-state index in [0.717, 1.165) is 0 Å². The van der Waals surface area contributed by atoms with E-state index in [0.29, 0.717) is 11.1 Å².